The fourth-order valence-electron chi connectivity index (χ4n) is 7.74. The van der Waals surface area contributed by atoms with E-state index in [1.165, 1.54) is 38.5 Å². The molecule has 6 heteroatoms. The molecule has 4 bridgehead atoms. The molecule has 7 rings (SSSR count). The van der Waals surface area contributed by atoms with Gasteiger partial charge in [0.15, 0.2) is 0 Å². The Labute approximate surface area is 191 Å². The number of fused-ring (bicyclic) bond motifs is 1. The zero-order valence-electron chi connectivity index (χ0n) is 19.0. The summed E-state index contributed by atoms with van der Waals surface area (Å²) in [5, 5.41) is 1.62. The monoisotopic (exact) mass is 454 g/mol. The zero-order valence-corrected chi connectivity index (χ0v) is 19.8. The van der Waals surface area contributed by atoms with Crippen molar-refractivity contribution in [2.45, 2.75) is 55.9 Å². The fraction of sp³-hybridized carbons (Fsp3) is 0.615. The average Bonchev–Trinajstić information content (AvgIpc) is 2.78. The number of sulfonamides is 1. The summed E-state index contributed by atoms with van der Waals surface area (Å²) in [7, 11) is -3.55. The van der Waals surface area contributed by atoms with Crippen LogP contribution in [0.2, 0.25) is 0 Å². The van der Waals surface area contributed by atoms with E-state index in [9.17, 15) is 8.42 Å². The molecule has 172 valence electrons. The highest BCUT2D eigenvalue weighted by Gasteiger charge is 2.54. The maximum absolute atomic E-state index is 13.7. The first kappa shape index (κ1) is 20.9. The second-order valence-electron chi connectivity index (χ2n) is 10.6. The van der Waals surface area contributed by atoms with Gasteiger partial charge in [-0.25, -0.2) is 8.42 Å². The van der Waals surface area contributed by atoms with Crippen LogP contribution in [0.25, 0.3) is 10.8 Å². The van der Waals surface area contributed by atoms with Gasteiger partial charge in [0, 0.05) is 42.5 Å². The third-order valence-corrected chi connectivity index (χ3v) is 10.6. The molecule has 32 heavy (non-hydrogen) atoms. The molecule has 0 aromatic heterocycles. The lowest BCUT2D eigenvalue weighted by molar-refractivity contribution is -0.0964. The first-order valence-electron chi connectivity index (χ1n) is 12.4. The number of hydrogen-bond donors (Lipinski definition) is 0. The minimum Gasteiger partial charge on any atom is -0.493 e. The molecule has 4 saturated carbocycles. The van der Waals surface area contributed by atoms with Crippen LogP contribution in [0.5, 0.6) is 5.75 Å². The molecule has 5 aliphatic rings. The lowest BCUT2D eigenvalue weighted by atomic mass is 9.52. The van der Waals surface area contributed by atoms with Crippen molar-refractivity contribution in [1.82, 2.24) is 9.21 Å². The van der Waals surface area contributed by atoms with Crippen LogP contribution in [0, 0.1) is 17.8 Å². The van der Waals surface area contributed by atoms with Gasteiger partial charge in [0.25, 0.3) is 0 Å². The predicted molar refractivity (Wildman–Crippen MR) is 126 cm³/mol. The number of nitrogens with zero attached hydrogens (tertiary/aromatic N) is 2. The van der Waals surface area contributed by atoms with E-state index in [1.54, 1.807) is 10.4 Å². The lowest BCUT2D eigenvalue weighted by Gasteiger charge is -2.61. The number of piperazine rings is 1. The Balaban J connectivity index is 1.24. The Morgan fingerprint density at radius 3 is 2.06 bits per heavy atom. The molecule has 0 N–H and O–H groups in total. The minimum atomic E-state index is -3.55. The van der Waals surface area contributed by atoms with Gasteiger partial charge >= 0.3 is 0 Å². The fourth-order valence-corrected chi connectivity index (χ4v) is 9.36. The second kappa shape index (κ2) is 7.71. The summed E-state index contributed by atoms with van der Waals surface area (Å²) >= 11 is 0. The first-order valence-corrected chi connectivity index (χ1v) is 13.8. The number of hydrogen-bond acceptors (Lipinski definition) is 4. The largest absolute Gasteiger partial charge is 0.493 e. The van der Waals surface area contributed by atoms with Crippen molar-refractivity contribution in [2.24, 2.45) is 17.8 Å². The van der Waals surface area contributed by atoms with E-state index in [2.05, 4.69) is 4.90 Å². The van der Waals surface area contributed by atoms with Gasteiger partial charge in [-0.3, -0.25) is 4.90 Å². The SMILES string of the molecule is CCOc1ccc(S(=O)(=O)N2CCN(C34CC5CC(CC(C5)C3)C4)CC2)c2ccccc12. The highest BCUT2D eigenvalue weighted by atomic mass is 32.2. The van der Waals surface area contributed by atoms with E-state index in [0.29, 0.717) is 30.1 Å². The van der Waals surface area contributed by atoms with E-state index in [4.69, 9.17) is 4.74 Å². The molecule has 1 saturated heterocycles. The average molecular weight is 455 g/mol. The molecule has 0 atom stereocenters. The topological polar surface area (TPSA) is 49.9 Å². The van der Waals surface area contributed by atoms with Crippen LogP contribution in [0.4, 0.5) is 0 Å². The van der Waals surface area contributed by atoms with Crippen LogP contribution in [0.1, 0.15) is 45.4 Å². The summed E-state index contributed by atoms with van der Waals surface area (Å²) in [6, 6.07) is 11.2. The van der Waals surface area contributed by atoms with E-state index in [1.807, 2.05) is 37.3 Å². The molecule has 0 unspecified atom stereocenters. The highest BCUT2D eigenvalue weighted by Crippen LogP contribution is 2.57. The number of benzene rings is 2. The van der Waals surface area contributed by atoms with Crippen LogP contribution in [-0.2, 0) is 10.0 Å². The summed E-state index contributed by atoms with van der Waals surface area (Å²) in [6.45, 7) is 5.41. The smallest absolute Gasteiger partial charge is 0.243 e. The highest BCUT2D eigenvalue weighted by molar-refractivity contribution is 7.89. The summed E-state index contributed by atoms with van der Waals surface area (Å²) in [5.41, 5.74) is 0.358. The maximum Gasteiger partial charge on any atom is 0.243 e. The molecular formula is C26H34N2O3S. The van der Waals surface area contributed by atoms with Crippen LogP contribution < -0.4 is 4.74 Å². The summed E-state index contributed by atoms with van der Waals surface area (Å²) < 4.78 is 34.8. The molecule has 5 fully saturated rings. The van der Waals surface area contributed by atoms with E-state index >= 15 is 0 Å². The lowest BCUT2D eigenvalue weighted by Crippen LogP contribution is -2.64. The Kier molecular flexibility index (Phi) is 5.05. The number of ether oxygens (including phenoxy) is 1. The molecule has 0 amide bonds. The molecule has 2 aromatic carbocycles. The molecule has 5 nitrogen and oxygen atoms in total. The second-order valence-corrected chi connectivity index (χ2v) is 12.5. The van der Waals surface area contributed by atoms with Gasteiger partial charge in [0.2, 0.25) is 10.0 Å². The molecule has 0 spiro atoms. The van der Waals surface area contributed by atoms with Crippen molar-refractivity contribution < 1.29 is 13.2 Å². The van der Waals surface area contributed by atoms with Gasteiger partial charge in [-0.1, -0.05) is 24.3 Å². The summed E-state index contributed by atoms with van der Waals surface area (Å²) in [4.78, 5) is 3.08. The first-order chi connectivity index (χ1) is 15.5. The van der Waals surface area contributed by atoms with Crippen molar-refractivity contribution in [2.75, 3.05) is 32.8 Å². The predicted octanol–water partition coefficient (Wildman–Crippen LogP) is 4.51. The molecule has 2 aromatic rings. The summed E-state index contributed by atoms with van der Waals surface area (Å²) in [6.07, 6.45) is 8.36. The molecule has 1 aliphatic heterocycles. The third-order valence-electron chi connectivity index (χ3n) is 8.68. The molecule has 0 radical (unpaired) electrons. The Hall–Kier alpha value is -1.63. The van der Waals surface area contributed by atoms with Crippen molar-refractivity contribution in [3.63, 3.8) is 0 Å². The Morgan fingerprint density at radius 1 is 0.875 bits per heavy atom. The Bertz CT molecular complexity index is 1090. The van der Waals surface area contributed by atoms with Gasteiger partial charge < -0.3 is 4.74 Å². The quantitative estimate of drug-likeness (QED) is 0.667. The van der Waals surface area contributed by atoms with Crippen LogP contribution >= 0.6 is 0 Å². The van der Waals surface area contributed by atoms with Gasteiger partial charge in [0.1, 0.15) is 5.75 Å². The van der Waals surface area contributed by atoms with Crippen molar-refractivity contribution >= 4 is 20.8 Å². The Morgan fingerprint density at radius 2 is 1.47 bits per heavy atom. The third kappa shape index (κ3) is 3.29. The van der Waals surface area contributed by atoms with Crippen LogP contribution in [0.15, 0.2) is 41.3 Å². The maximum atomic E-state index is 13.7. The number of rotatable bonds is 5. The van der Waals surface area contributed by atoms with Gasteiger partial charge in [-0.05, 0) is 75.3 Å². The summed E-state index contributed by atoms with van der Waals surface area (Å²) in [5.74, 6) is 3.49. The van der Waals surface area contributed by atoms with Crippen LogP contribution in [-0.4, -0.2) is 55.9 Å². The minimum absolute atomic E-state index is 0.358. The van der Waals surface area contributed by atoms with Crippen LogP contribution in [0.3, 0.4) is 0 Å². The van der Waals surface area contributed by atoms with Crippen molar-refractivity contribution in [3.8, 4) is 5.75 Å². The van der Waals surface area contributed by atoms with E-state index in [-0.39, 0.29) is 0 Å². The zero-order chi connectivity index (χ0) is 21.9. The standard InChI is InChI=1S/C26H34N2O3S/c1-2-31-24-7-8-25(23-6-4-3-5-22(23)24)32(29,30)28-11-9-27(10-12-28)26-16-19-13-20(17-26)15-21(14-19)18-26/h3-8,19-21H,2,9-18H2,1H3. The normalized spacial score (nSPS) is 33.1. The van der Waals surface area contributed by atoms with E-state index < -0.39 is 10.0 Å². The molecule has 4 aliphatic carbocycles. The van der Waals surface area contributed by atoms with E-state index in [0.717, 1.165) is 47.4 Å². The van der Waals surface area contributed by atoms with Gasteiger partial charge in [0.05, 0.1) is 11.5 Å². The van der Waals surface area contributed by atoms with Crippen molar-refractivity contribution in [3.05, 3.63) is 36.4 Å². The van der Waals surface area contributed by atoms with Gasteiger partial charge in [-0.15, -0.1) is 0 Å². The molecule has 1 heterocycles. The van der Waals surface area contributed by atoms with Crippen molar-refractivity contribution in [1.29, 1.82) is 0 Å². The molecular weight excluding hydrogens is 420 g/mol. The van der Waals surface area contributed by atoms with Gasteiger partial charge in [-0.2, -0.15) is 4.31 Å².